The summed E-state index contributed by atoms with van der Waals surface area (Å²) in [5.41, 5.74) is 0. The van der Waals surface area contributed by atoms with Crippen LogP contribution in [0.25, 0.3) is 0 Å². The van der Waals surface area contributed by atoms with Crippen LogP contribution in [0.4, 0.5) is 4.79 Å². The van der Waals surface area contributed by atoms with Crippen molar-refractivity contribution in [3.8, 4) is 0 Å². The molecule has 0 spiro atoms. The van der Waals surface area contributed by atoms with Gasteiger partial charge in [-0.15, -0.1) is 0 Å². The van der Waals surface area contributed by atoms with Crippen molar-refractivity contribution in [1.82, 2.24) is 15.1 Å². The van der Waals surface area contributed by atoms with E-state index in [4.69, 9.17) is 10.2 Å². The first kappa shape index (κ1) is 18.1. The molecule has 122 valence electrons. The van der Waals surface area contributed by atoms with Gasteiger partial charge in [-0.2, -0.15) is 11.8 Å². The summed E-state index contributed by atoms with van der Waals surface area (Å²) in [4.78, 5) is 27.1. The molecule has 1 aliphatic rings. The van der Waals surface area contributed by atoms with Gasteiger partial charge in [-0.25, -0.2) is 9.59 Å². The lowest BCUT2D eigenvalue weighted by molar-refractivity contribution is -0.139. The lowest BCUT2D eigenvalue weighted by Crippen LogP contribution is -2.49. The van der Waals surface area contributed by atoms with Gasteiger partial charge in [0.15, 0.2) is 0 Å². The maximum atomic E-state index is 12.2. The highest BCUT2D eigenvalue weighted by Crippen LogP contribution is 2.05. The number of aliphatic hydroxyl groups is 1. The van der Waals surface area contributed by atoms with Crippen LogP contribution in [0.2, 0.25) is 0 Å². The molecule has 2 amide bonds. The SMILES string of the molecule is CSCCC(NC(=O)N1CCCN(CCO)CC1)C(=O)O. The number of hydrogen-bond donors (Lipinski definition) is 3. The fraction of sp³-hybridized carbons (Fsp3) is 0.846. The number of hydrogen-bond acceptors (Lipinski definition) is 5. The van der Waals surface area contributed by atoms with Gasteiger partial charge in [0.25, 0.3) is 0 Å². The fourth-order valence-corrected chi connectivity index (χ4v) is 2.74. The molecule has 0 aromatic carbocycles. The molecule has 1 saturated heterocycles. The number of aliphatic hydroxyl groups excluding tert-OH is 1. The molecular weight excluding hydrogens is 294 g/mol. The summed E-state index contributed by atoms with van der Waals surface area (Å²) in [7, 11) is 0. The van der Waals surface area contributed by atoms with Gasteiger partial charge in [0.05, 0.1) is 6.61 Å². The minimum atomic E-state index is -0.992. The number of urea groups is 1. The van der Waals surface area contributed by atoms with Crippen LogP contribution in [-0.4, -0.2) is 89.4 Å². The number of carbonyl (C=O) groups excluding carboxylic acids is 1. The lowest BCUT2D eigenvalue weighted by Gasteiger charge is -2.24. The molecule has 0 radical (unpaired) electrons. The summed E-state index contributed by atoms with van der Waals surface area (Å²) in [6.45, 7) is 3.45. The Morgan fingerprint density at radius 1 is 1.29 bits per heavy atom. The Morgan fingerprint density at radius 2 is 2.05 bits per heavy atom. The molecule has 21 heavy (non-hydrogen) atoms. The fourth-order valence-electron chi connectivity index (χ4n) is 2.27. The Labute approximate surface area is 129 Å². The number of rotatable bonds is 7. The van der Waals surface area contributed by atoms with E-state index in [9.17, 15) is 9.59 Å². The van der Waals surface area contributed by atoms with Crippen LogP contribution in [0.1, 0.15) is 12.8 Å². The minimum Gasteiger partial charge on any atom is -0.480 e. The van der Waals surface area contributed by atoms with Crippen LogP contribution in [0.3, 0.4) is 0 Å². The quantitative estimate of drug-likeness (QED) is 0.607. The van der Waals surface area contributed by atoms with E-state index in [0.717, 1.165) is 13.0 Å². The van der Waals surface area contributed by atoms with Gasteiger partial charge in [-0.3, -0.25) is 4.90 Å². The van der Waals surface area contributed by atoms with E-state index in [0.29, 0.717) is 38.4 Å². The third-order valence-corrected chi connectivity index (χ3v) is 4.14. The average molecular weight is 319 g/mol. The number of carbonyl (C=O) groups is 2. The number of β-amino-alcohol motifs (C(OH)–C–C–N with tert-alkyl or cyclic N) is 1. The van der Waals surface area contributed by atoms with Crippen LogP contribution < -0.4 is 5.32 Å². The Morgan fingerprint density at radius 3 is 2.67 bits per heavy atom. The summed E-state index contributed by atoms with van der Waals surface area (Å²) >= 11 is 1.56. The van der Waals surface area contributed by atoms with E-state index in [1.165, 1.54) is 0 Å². The molecule has 8 heteroatoms. The van der Waals surface area contributed by atoms with Gasteiger partial charge in [-0.1, -0.05) is 0 Å². The molecule has 0 aromatic heterocycles. The zero-order valence-electron chi connectivity index (χ0n) is 12.5. The van der Waals surface area contributed by atoms with Crippen molar-refractivity contribution in [2.75, 3.05) is 51.3 Å². The van der Waals surface area contributed by atoms with E-state index in [2.05, 4.69) is 10.2 Å². The normalized spacial score (nSPS) is 18.1. The smallest absolute Gasteiger partial charge is 0.326 e. The van der Waals surface area contributed by atoms with Crippen molar-refractivity contribution in [3.63, 3.8) is 0 Å². The van der Waals surface area contributed by atoms with E-state index < -0.39 is 12.0 Å². The molecule has 7 nitrogen and oxygen atoms in total. The molecule has 1 heterocycles. The van der Waals surface area contributed by atoms with Gasteiger partial charge in [0.1, 0.15) is 6.04 Å². The second kappa shape index (κ2) is 9.86. The molecule has 0 saturated carbocycles. The Bertz CT molecular complexity index is 343. The summed E-state index contributed by atoms with van der Waals surface area (Å²) in [6.07, 6.45) is 3.16. The first-order valence-electron chi connectivity index (χ1n) is 7.19. The number of carboxylic acid groups (broad SMARTS) is 1. The first-order chi connectivity index (χ1) is 10.1. The Hall–Kier alpha value is -0.990. The van der Waals surface area contributed by atoms with Gasteiger partial charge in [0, 0.05) is 26.2 Å². The molecule has 0 bridgehead atoms. The molecule has 1 rings (SSSR count). The van der Waals surface area contributed by atoms with Crippen molar-refractivity contribution in [1.29, 1.82) is 0 Å². The predicted octanol–water partition coefficient (Wildman–Crippen LogP) is -0.0977. The molecular formula is C13H25N3O4S. The summed E-state index contributed by atoms with van der Waals surface area (Å²) in [5, 5.41) is 20.7. The second-order valence-electron chi connectivity index (χ2n) is 5.03. The first-order valence-corrected chi connectivity index (χ1v) is 8.58. The van der Waals surface area contributed by atoms with Crippen molar-refractivity contribution in [3.05, 3.63) is 0 Å². The second-order valence-corrected chi connectivity index (χ2v) is 6.01. The number of amides is 2. The summed E-state index contributed by atoms with van der Waals surface area (Å²) in [6, 6.07) is -1.14. The molecule has 1 unspecified atom stereocenters. The van der Waals surface area contributed by atoms with Crippen molar-refractivity contribution < 1.29 is 19.8 Å². The van der Waals surface area contributed by atoms with Crippen molar-refractivity contribution >= 4 is 23.8 Å². The van der Waals surface area contributed by atoms with Gasteiger partial charge >= 0.3 is 12.0 Å². The summed E-state index contributed by atoms with van der Waals surface area (Å²) in [5.74, 6) is -0.296. The topological polar surface area (TPSA) is 93.1 Å². The van der Waals surface area contributed by atoms with E-state index in [1.807, 2.05) is 6.26 Å². The maximum Gasteiger partial charge on any atom is 0.326 e. The monoisotopic (exact) mass is 319 g/mol. The zero-order valence-corrected chi connectivity index (χ0v) is 13.3. The highest BCUT2D eigenvalue weighted by atomic mass is 32.2. The largest absolute Gasteiger partial charge is 0.480 e. The van der Waals surface area contributed by atoms with Gasteiger partial charge in [0.2, 0.25) is 0 Å². The molecule has 0 aromatic rings. The molecule has 3 N–H and O–H groups in total. The van der Waals surface area contributed by atoms with Gasteiger partial charge in [-0.05, 0) is 31.4 Å². The number of nitrogens with zero attached hydrogens (tertiary/aromatic N) is 2. The van der Waals surface area contributed by atoms with Gasteiger partial charge < -0.3 is 20.4 Å². The number of aliphatic carboxylic acids is 1. The van der Waals surface area contributed by atoms with E-state index in [1.54, 1.807) is 16.7 Å². The number of carboxylic acids is 1. The third kappa shape index (κ3) is 6.54. The molecule has 1 aliphatic heterocycles. The van der Waals surface area contributed by atoms with Crippen LogP contribution in [-0.2, 0) is 4.79 Å². The maximum absolute atomic E-state index is 12.2. The van der Waals surface area contributed by atoms with Crippen molar-refractivity contribution in [2.45, 2.75) is 18.9 Å². The van der Waals surface area contributed by atoms with E-state index in [-0.39, 0.29) is 12.6 Å². The number of nitrogens with one attached hydrogen (secondary N) is 1. The molecule has 1 fully saturated rings. The average Bonchev–Trinajstić information content (AvgIpc) is 2.69. The highest BCUT2D eigenvalue weighted by Gasteiger charge is 2.24. The van der Waals surface area contributed by atoms with Crippen LogP contribution in [0.15, 0.2) is 0 Å². The highest BCUT2D eigenvalue weighted by molar-refractivity contribution is 7.98. The lowest BCUT2D eigenvalue weighted by atomic mass is 10.2. The van der Waals surface area contributed by atoms with E-state index >= 15 is 0 Å². The van der Waals surface area contributed by atoms with Crippen LogP contribution in [0, 0.1) is 0 Å². The Balaban J connectivity index is 2.47. The Kier molecular flexibility index (Phi) is 8.48. The van der Waals surface area contributed by atoms with Crippen LogP contribution in [0.5, 0.6) is 0 Å². The van der Waals surface area contributed by atoms with Crippen molar-refractivity contribution in [2.24, 2.45) is 0 Å². The van der Waals surface area contributed by atoms with Crippen LogP contribution >= 0.6 is 11.8 Å². The minimum absolute atomic E-state index is 0.113. The molecule has 1 atom stereocenters. The molecule has 0 aliphatic carbocycles. The summed E-state index contributed by atoms with van der Waals surface area (Å²) < 4.78 is 0. The third-order valence-electron chi connectivity index (χ3n) is 3.50. The predicted molar refractivity (Wildman–Crippen MR) is 82.7 cm³/mol. The standard InChI is InChI=1S/C13H25N3O4S/c1-21-10-3-11(12(18)19)14-13(20)16-5-2-4-15(6-7-16)8-9-17/h11,17H,2-10H2,1H3,(H,14,20)(H,18,19). The zero-order chi connectivity index (χ0) is 15.7. The number of thioether (sulfide) groups is 1.